The molecule has 0 bridgehead atoms. The molecule has 0 amide bonds. The monoisotopic (exact) mass is 628 g/mol. The summed E-state index contributed by atoms with van der Waals surface area (Å²) in [6.07, 6.45) is 49.9. The van der Waals surface area contributed by atoms with E-state index >= 15 is 0 Å². The van der Waals surface area contributed by atoms with E-state index in [0.29, 0.717) is 6.42 Å². The first-order valence-corrected chi connectivity index (χ1v) is 19.4. The molecule has 0 aromatic rings. The molecule has 0 aliphatic heterocycles. The normalized spacial score (nSPS) is 13.7. The summed E-state index contributed by atoms with van der Waals surface area (Å²) in [6, 6.07) is 0. The average Bonchev–Trinajstić information content (AvgIpc) is 3.01. The zero-order chi connectivity index (χ0) is 33.1. The summed E-state index contributed by atoms with van der Waals surface area (Å²) >= 11 is 0. The summed E-state index contributed by atoms with van der Waals surface area (Å²) in [7, 11) is 4.03. The third-order valence-electron chi connectivity index (χ3n) is 8.71. The van der Waals surface area contributed by atoms with Gasteiger partial charge < -0.3 is 9.64 Å². The van der Waals surface area contributed by atoms with Crippen molar-refractivity contribution in [3.63, 3.8) is 0 Å². The number of unbranched alkanes of at least 4 members (excludes halogenated alkanes) is 18. The molecule has 0 saturated carbocycles. The van der Waals surface area contributed by atoms with Gasteiger partial charge >= 0.3 is 5.97 Å². The van der Waals surface area contributed by atoms with Crippen LogP contribution < -0.4 is 0 Å². The molecule has 0 N–H and O–H groups in total. The van der Waals surface area contributed by atoms with E-state index in [0.717, 1.165) is 38.6 Å². The molecule has 0 heterocycles. The van der Waals surface area contributed by atoms with Crippen LogP contribution in [-0.4, -0.2) is 37.1 Å². The van der Waals surface area contributed by atoms with Crippen LogP contribution in [0, 0.1) is 0 Å². The summed E-state index contributed by atoms with van der Waals surface area (Å²) in [5.74, 6) is -0.0323. The predicted molar refractivity (Wildman–Crippen MR) is 201 cm³/mol. The fraction of sp³-hybridized carbons (Fsp3) is 0.786. The zero-order valence-corrected chi connectivity index (χ0v) is 31.0. The van der Waals surface area contributed by atoms with Gasteiger partial charge in [-0.25, -0.2) is 0 Å². The number of carbonyl (C=O) groups excluding carboxylic acids is 1. The van der Waals surface area contributed by atoms with E-state index in [1.54, 1.807) is 0 Å². The minimum atomic E-state index is -0.312. The third kappa shape index (κ3) is 33.6. The van der Waals surface area contributed by atoms with Crippen LogP contribution in [0.4, 0.5) is 0 Å². The maximum Gasteiger partial charge on any atom is 0.307 e. The van der Waals surface area contributed by atoms with Crippen LogP contribution in [0.3, 0.4) is 0 Å². The van der Waals surface area contributed by atoms with Gasteiger partial charge in [0, 0.05) is 6.54 Å². The molecule has 0 aromatic carbocycles. The molecule has 45 heavy (non-hydrogen) atoms. The molecular weight excluding hydrogens is 550 g/mol. The molecule has 0 aliphatic rings. The van der Waals surface area contributed by atoms with E-state index in [4.69, 9.17) is 4.74 Å². The Hall–Kier alpha value is -1.61. The summed E-state index contributed by atoms with van der Waals surface area (Å²) in [4.78, 5) is 14.7. The number of esters is 1. The lowest BCUT2D eigenvalue weighted by atomic mass is 9.91. The van der Waals surface area contributed by atoms with Gasteiger partial charge in [0.2, 0.25) is 0 Å². The van der Waals surface area contributed by atoms with Crippen LogP contribution in [0.1, 0.15) is 188 Å². The molecule has 3 nitrogen and oxygen atoms in total. The highest BCUT2D eigenvalue weighted by Crippen LogP contribution is 2.28. The molecule has 262 valence electrons. The molecule has 0 radical (unpaired) electrons. The lowest BCUT2D eigenvalue weighted by molar-refractivity contribution is -0.160. The molecule has 0 fully saturated rings. The molecule has 0 aliphatic carbocycles. The Kier molecular flexibility index (Phi) is 32.5. The molecule has 3 heteroatoms. The second-order valence-corrected chi connectivity index (χ2v) is 13.8. The van der Waals surface area contributed by atoms with E-state index in [2.05, 4.69) is 74.3 Å². The van der Waals surface area contributed by atoms with Crippen molar-refractivity contribution in [3.8, 4) is 0 Å². The molecule has 0 spiro atoms. The topological polar surface area (TPSA) is 29.5 Å². The fourth-order valence-corrected chi connectivity index (χ4v) is 5.68. The number of hydrogen-bond acceptors (Lipinski definition) is 3. The number of ether oxygens (including phenoxy) is 1. The van der Waals surface area contributed by atoms with Gasteiger partial charge in [0.1, 0.15) is 5.60 Å². The molecule has 0 aromatic heterocycles. The van der Waals surface area contributed by atoms with E-state index < -0.39 is 0 Å². The van der Waals surface area contributed by atoms with Gasteiger partial charge in [-0.1, -0.05) is 140 Å². The van der Waals surface area contributed by atoms with Crippen molar-refractivity contribution in [1.29, 1.82) is 0 Å². The Morgan fingerprint density at radius 1 is 0.556 bits per heavy atom. The van der Waals surface area contributed by atoms with Gasteiger partial charge in [0.05, 0.1) is 6.42 Å². The average molecular weight is 628 g/mol. The number of rotatable bonds is 33. The van der Waals surface area contributed by atoms with Gasteiger partial charge in [-0.2, -0.15) is 0 Å². The Morgan fingerprint density at radius 2 is 0.956 bits per heavy atom. The number of hydrogen-bond donors (Lipinski definition) is 0. The van der Waals surface area contributed by atoms with E-state index in [9.17, 15) is 4.79 Å². The zero-order valence-electron chi connectivity index (χ0n) is 31.0. The minimum absolute atomic E-state index is 0.0323. The van der Waals surface area contributed by atoms with E-state index in [-0.39, 0.29) is 11.6 Å². The van der Waals surface area contributed by atoms with Crippen LogP contribution in [0.5, 0.6) is 0 Å². The predicted octanol–water partition coefficient (Wildman–Crippen LogP) is 13.3. The Morgan fingerprint density at radius 3 is 1.40 bits per heavy atom. The highest BCUT2D eigenvalue weighted by atomic mass is 16.6. The lowest BCUT2D eigenvalue weighted by Gasteiger charge is -2.30. The van der Waals surface area contributed by atoms with Crippen molar-refractivity contribution in [2.24, 2.45) is 0 Å². The van der Waals surface area contributed by atoms with E-state index in [1.807, 2.05) is 14.1 Å². The highest BCUT2D eigenvalue weighted by Gasteiger charge is 2.27. The summed E-state index contributed by atoms with van der Waals surface area (Å²) < 4.78 is 6.14. The minimum Gasteiger partial charge on any atom is -0.459 e. The van der Waals surface area contributed by atoms with Crippen molar-refractivity contribution in [2.75, 3.05) is 20.6 Å². The van der Waals surface area contributed by atoms with Crippen molar-refractivity contribution in [1.82, 2.24) is 4.90 Å². The summed E-state index contributed by atoms with van der Waals surface area (Å²) in [5.41, 5.74) is -0.312. The second-order valence-electron chi connectivity index (χ2n) is 13.8. The molecule has 1 atom stereocenters. The highest BCUT2D eigenvalue weighted by molar-refractivity contribution is 5.70. The van der Waals surface area contributed by atoms with Gasteiger partial charge in [0.25, 0.3) is 0 Å². The Balaban J connectivity index is 4.13. The van der Waals surface area contributed by atoms with Gasteiger partial charge in [-0.05, 0) is 104 Å². The maximum absolute atomic E-state index is 12.6. The smallest absolute Gasteiger partial charge is 0.307 e. The van der Waals surface area contributed by atoms with Crippen molar-refractivity contribution in [3.05, 3.63) is 48.6 Å². The van der Waals surface area contributed by atoms with Crippen LogP contribution in [-0.2, 0) is 9.53 Å². The molecular formula is C42H77NO2. The Bertz CT molecular complexity index is 750. The maximum atomic E-state index is 12.6. The molecule has 1 unspecified atom stereocenters. The molecule has 0 saturated heterocycles. The first-order chi connectivity index (χ1) is 21.9. The SMILES string of the molecule is CCCCC/C=C\C/C=C\CCCCCCCCC(C)(CCCCCCCC/C=C\C=C\CCCCC)OC(=O)CCN(C)C. The molecule has 0 rings (SSSR count). The largest absolute Gasteiger partial charge is 0.459 e. The summed E-state index contributed by atoms with van der Waals surface area (Å²) in [5, 5.41) is 0. The van der Waals surface area contributed by atoms with Crippen LogP contribution in [0.15, 0.2) is 48.6 Å². The number of nitrogens with zero attached hydrogens (tertiary/aromatic N) is 1. The second kappa shape index (κ2) is 33.7. The Labute approximate surface area is 282 Å². The van der Waals surface area contributed by atoms with Gasteiger partial charge in [-0.15, -0.1) is 0 Å². The quantitative estimate of drug-likeness (QED) is 0.0314. The van der Waals surface area contributed by atoms with Crippen LogP contribution in [0.25, 0.3) is 0 Å². The summed E-state index contributed by atoms with van der Waals surface area (Å²) in [6.45, 7) is 7.46. The van der Waals surface area contributed by atoms with Gasteiger partial charge in [0.15, 0.2) is 0 Å². The number of allylic oxidation sites excluding steroid dienone is 8. The third-order valence-corrected chi connectivity index (χ3v) is 8.71. The van der Waals surface area contributed by atoms with Crippen LogP contribution in [0.2, 0.25) is 0 Å². The lowest BCUT2D eigenvalue weighted by Crippen LogP contribution is -2.33. The van der Waals surface area contributed by atoms with Crippen molar-refractivity contribution in [2.45, 2.75) is 193 Å². The van der Waals surface area contributed by atoms with Crippen molar-refractivity contribution >= 4 is 5.97 Å². The fourth-order valence-electron chi connectivity index (χ4n) is 5.68. The number of carbonyl (C=O) groups is 1. The van der Waals surface area contributed by atoms with Crippen molar-refractivity contribution < 1.29 is 9.53 Å². The van der Waals surface area contributed by atoms with Crippen LogP contribution >= 0.6 is 0 Å². The van der Waals surface area contributed by atoms with Gasteiger partial charge in [-0.3, -0.25) is 4.79 Å². The first-order valence-electron chi connectivity index (χ1n) is 19.4. The first kappa shape index (κ1) is 43.4. The standard InChI is InChI=1S/C42H77NO2/c1-6-8-10-12-14-16-18-20-22-24-26-28-30-32-34-36-39-42(3,45-41(44)37-40-43(4)5)38-35-33-31-29-27-25-23-21-19-17-15-13-11-9-7-2/h14-17,19-22H,6-13,18,23-40H2,1-5H3/b16-14-,17-15+,21-19-,22-20-. The van der Waals surface area contributed by atoms with E-state index in [1.165, 1.54) is 128 Å².